The molecule has 0 saturated carbocycles. The van der Waals surface area contributed by atoms with Crippen LogP contribution < -0.4 is 15.6 Å². The number of carbonyl (C=O) groups excluding carboxylic acids is 3. The number of fused-ring (bicyclic) bond motifs is 3. The zero-order valence-electron chi connectivity index (χ0n) is 16.8. The Bertz CT molecular complexity index is 1140. The van der Waals surface area contributed by atoms with Crippen LogP contribution >= 0.6 is 11.3 Å². The van der Waals surface area contributed by atoms with Crippen molar-refractivity contribution in [2.24, 2.45) is 0 Å². The largest absolute Gasteiger partial charge is 0.497 e. The lowest BCUT2D eigenvalue weighted by atomic mass is 9.91. The Morgan fingerprint density at radius 1 is 0.968 bits per heavy atom. The Labute approximate surface area is 183 Å². The van der Waals surface area contributed by atoms with Gasteiger partial charge in [0.25, 0.3) is 11.8 Å². The Hall–Kier alpha value is -3.65. The smallest absolute Gasteiger partial charge is 0.348 e. The summed E-state index contributed by atoms with van der Waals surface area (Å²) in [6.07, 6.45) is 1.69. The number of hydrazine groups is 1. The second-order valence-electron chi connectivity index (χ2n) is 6.93. The topological polar surface area (TPSA) is 93.7 Å². The van der Waals surface area contributed by atoms with Crippen molar-refractivity contribution in [1.29, 1.82) is 0 Å². The van der Waals surface area contributed by atoms with E-state index in [4.69, 9.17) is 9.47 Å². The molecule has 31 heavy (non-hydrogen) atoms. The molecule has 0 aliphatic heterocycles. The fourth-order valence-electron chi connectivity index (χ4n) is 3.36. The van der Waals surface area contributed by atoms with Crippen LogP contribution in [0.5, 0.6) is 5.75 Å². The van der Waals surface area contributed by atoms with Gasteiger partial charge in [-0.15, -0.1) is 11.3 Å². The molecule has 0 saturated heterocycles. The molecule has 2 aromatic carbocycles. The van der Waals surface area contributed by atoms with Crippen molar-refractivity contribution in [3.05, 3.63) is 76.2 Å². The van der Waals surface area contributed by atoms with Crippen molar-refractivity contribution in [2.75, 3.05) is 13.7 Å². The van der Waals surface area contributed by atoms with Crippen molar-refractivity contribution in [2.45, 2.75) is 12.8 Å². The van der Waals surface area contributed by atoms with Crippen molar-refractivity contribution in [1.82, 2.24) is 10.9 Å². The van der Waals surface area contributed by atoms with Gasteiger partial charge in [0.05, 0.1) is 7.11 Å². The Balaban J connectivity index is 1.34. The zero-order chi connectivity index (χ0) is 21.8. The fourth-order valence-corrected chi connectivity index (χ4v) is 4.53. The lowest BCUT2D eigenvalue weighted by Gasteiger charge is -2.16. The first-order valence-electron chi connectivity index (χ1n) is 9.66. The van der Waals surface area contributed by atoms with Gasteiger partial charge in [-0.3, -0.25) is 20.4 Å². The molecule has 158 valence electrons. The first-order valence-corrected chi connectivity index (χ1v) is 10.5. The van der Waals surface area contributed by atoms with Gasteiger partial charge in [-0.25, -0.2) is 4.79 Å². The average molecular weight is 436 g/mol. The first-order chi connectivity index (χ1) is 15.0. The van der Waals surface area contributed by atoms with Gasteiger partial charge in [0, 0.05) is 10.4 Å². The third-order valence-corrected chi connectivity index (χ3v) is 6.11. The van der Waals surface area contributed by atoms with Crippen LogP contribution in [0, 0.1) is 0 Å². The lowest BCUT2D eigenvalue weighted by molar-refractivity contribution is -0.125. The number of benzene rings is 2. The number of hydrogen-bond acceptors (Lipinski definition) is 6. The third kappa shape index (κ3) is 4.59. The van der Waals surface area contributed by atoms with E-state index >= 15 is 0 Å². The minimum atomic E-state index is -0.628. The zero-order valence-corrected chi connectivity index (χ0v) is 17.6. The number of methoxy groups -OCH3 is 1. The maximum Gasteiger partial charge on any atom is 0.348 e. The van der Waals surface area contributed by atoms with Crippen molar-refractivity contribution >= 4 is 29.1 Å². The highest BCUT2D eigenvalue weighted by atomic mass is 32.1. The maximum atomic E-state index is 12.4. The lowest BCUT2D eigenvalue weighted by Crippen LogP contribution is -2.43. The van der Waals surface area contributed by atoms with Gasteiger partial charge < -0.3 is 9.47 Å². The van der Waals surface area contributed by atoms with Gasteiger partial charge >= 0.3 is 5.97 Å². The second-order valence-corrected chi connectivity index (χ2v) is 7.98. The molecule has 0 bridgehead atoms. The summed E-state index contributed by atoms with van der Waals surface area (Å²) >= 11 is 1.35. The summed E-state index contributed by atoms with van der Waals surface area (Å²) in [7, 11) is 1.64. The van der Waals surface area contributed by atoms with E-state index < -0.39 is 24.4 Å². The molecule has 4 rings (SSSR count). The van der Waals surface area contributed by atoms with E-state index in [1.54, 1.807) is 37.4 Å². The Morgan fingerprint density at radius 2 is 1.74 bits per heavy atom. The highest BCUT2D eigenvalue weighted by molar-refractivity contribution is 7.17. The van der Waals surface area contributed by atoms with Crippen LogP contribution in [0.25, 0.3) is 10.4 Å². The number of rotatable bonds is 5. The molecule has 0 radical (unpaired) electrons. The van der Waals surface area contributed by atoms with Gasteiger partial charge in [-0.05, 0) is 65.9 Å². The van der Waals surface area contributed by atoms with Crippen LogP contribution in [-0.4, -0.2) is 31.5 Å². The molecule has 2 N–H and O–H groups in total. The molecule has 1 aromatic heterocycles. The molecule has 2 amide bonds. The molecular weight excluding hydrogens is 416 g/mol. The molecule has 0 spiro atoms. The van der Waals surface area contributed by atoms with Crippen LogP contribution in [0.15, 0.2) is 54.6 Å². The Morgan fingerprint density at radius 3 is 2.52 bits per heavy atom. The highest BCUT2D eigenvalue weighted by Gasteiger charge is 2.23. The molecule has 7 nitrogen and oxygen atoms in total. The standard InChI is InChI=1S/C23H20N2O5S/c1-29-17-9-10-18-15(11-17)7-8-16-12-19(31-21(16)18)23(28)30-13-20(26)24-25-22(27)14-5-3-2-4-6-14/h2-6,9-12H,7-8,13H2,1H3,(H,24,26)(H,25,27). The molecule has 1 heterocycles. The van der Waals surface area contributed by atoms with E-state index in [0.717, 1.165) is 34.6 Å². The minimum absolute atomic E-state index is 0.405. The summed E-state index contributed by atoms with van der Waals surface area (Å²) in [6, 6.07) is 16.2. The van der Waals surface area contributed by atoms with Gasteiger partial charge in [-0.1, -0.05) is 18.2 Å². The summed E-state index contributed by atoms with van der Waals surface area (Å²) in [5, 5.41) is 0. The minimum Gasteiger partial charge on any atom is -0.497 e. The van der Waals surface area contributed by atoms with Crippen LogP contribution in [0.3, 0.4) is 0 Å². The molecule has 0 unspecified atom stereocenters. The van der Waals surface area contributed by atoms with Crippen molar-refractivity contribution in [3.8, 4) is 16.2 Å². The summed E-state index contributed by atoms with van der Waals surface area (Å²) < 4.78 is 10.4. The number of nitrogens with one attached hydrogen (secondary N) is 2. The van der Waals surface area contributed by atoms with Crippen LogP contribution in [0.2, 0.25) is 0 Å². The summed E-state index contributed by atoms with van der Waals surface area (Å²) in [4.78, 5) is 37.8. The number of thiophene rings is 1. The molecule has 1 aliphatic carbocycles. The summed E-state index contributed by atoms with van der Waals surface area (Å²) in [5.41, 5.74) is 8.29. The predicted molar refractivity (Wildman–Crippen MR) is 116 cm³/mol. The summed E-state index contributed by atoms with van der Waals surface area (Å²) in [5.74, 6) is -0.847. The fraction of sp³-hybridized carbons (Fsp3) is 0.174. The van der Waals surface area contributed by atoms with E-state index in [9.17, 15) is 14.4 Å². The van der Waals surface area contributed by atoms with Gasteiger partial charge in [-0.2, -0.15) is 0 Å². The van der Waals surface area contributed by atoms with E-state index in [1.807, 2.05) is 24.3 Å². The number of carbonyl (C=O) groups is 3. The Kier molecular flexibility index (Phi) is 5.99. The molecule has 1 aliphatic rings. The maximum absolute atomic E-state index is 12.4. The van der Waals surface area contributed by atoms with E-state index in [-0.39, 0.29) is 0 Å². The van der Waals surface area contributed by atoms with Crippen LogP contribution in [0.4, 0.5) is 0 Å². The van der Waals surface area contributed by atoms with Crippen LogP contribution in [0.1, 0.15) is 31.2 Å². The van der Waals surface area contributed by atoms with Gasteiger partial charge in [0.1, 0.15) is 10.6 Å². The molecule has 0 fully saturated rings. The molecule has 0 atom stereocenters. The summed E-state index contributed by atoms with van der Waals surface area (Å²) in [6.45, 7) is -0.496. The number of amides is 2. The normalized spacial score (nSPS) is 11.6. The van der Waals surface area contributed by atoms with Gasteiger partial charge in [0.15, 0.2) is 6.61 Å². The van der Waals surface area contributed by atoms with E-state index in [0.29, 0.717) is 10.4 Å². The number of ether oxygens (including phenoxy) is 2. The van der Waals surface area contributed by atoms with Gasteiger partial charge in [0.2, 0.25) is 0 Å². The average Bonchev–Trinajstić information content (AvgIpc) is 3.26. The van der Waals surface area contributed by atoms with E-state index in [2.05, 4.69) is 10.9 Å². The monoisotopic (exact) mass is 436 g/mol. The number of hydrogen-bond donors (Lipinski definition) is 2. The van der Waals surface area contributed by atoms with Crippen molar-refractivity contribution < 1.29 is 23.9 Å². The van der Waals surface area contributed by atoms with Crippen LogP contribution in [-0.2, 0) is 22.4 Å². The molecule has 3 aromatic rings. The first kappa shape index (κ1) is 20.6. The highest BCUT2D eigenvalue weighted by Crippen LogP contribution is 2.40. The number of esters is 1. The number of aryl methyl sites for hydroxylation is 2. The molecule has 8 heteroatoms. The predicted octanol–water partition coefficient (Wildman–Crippen LogP) is 3.14. The quantitative estimate of drug-likeness (QED) is 0.473. The molecular formula is C23H20N2O5S. The van der Waals surface area contributed by atoms with Crippen molar-refractivity contribution in [3.63, 3.8) is 0 Å². The second kappa shape index (κ2) is 9.01. The SMILES string of the molecule is COc1ccc2c(c1)CCc1cc(C(=O)OCC(=O)NNC(=O)c3ccccc3)sc1-2. The third-order valence-electron chi connectivity index (χ3n) is 4.92. The van der Waals surface area contributed by atoms with E-state index in [1.165, 1.54) is 16.9 Å².